The van der Waals surface area contributed by atoms with Gasteiger partial charge in [-0.25, -0.2) is 0 Å². The van der Waals surface area contributed by atoms with Gasteiger partial charge in [-0.2, -0.15) is 0 Å². The molecule has 1 aromatic carbocycles. The smallest absolute Gasteiger partial charge is 0.242 e. The Balaban J connectivity index is 2.13. The van der Waals surface area contributed by atoms with Crippen molar-refractivity contribution in [1.29, 1.82) is 0 Å². The zero-order valence-electron chi connectivity index (χ0n) is 14.5. The number of rotatable bonds is 8. The molecule has 0 aliphatic rings. The van der Waals surface area contributed by atoms with Crippen LogP contribution < -0.4 is 5.32 Å². The summed E-state index contributed by atoms with van der Waals surface area (Å²) in [6, 6.07) is 12.7. The summed E-state index contributed by atoms with van der Waals surface area (Å²) in [5.74, 6) is 0.304. The molecule has 5 nitrogen and oxygen atoms in total. The maximum atomic E-state index is 12.8. The van der Waals surface area contributed by atoms with Crippen molar-refractivity contribution in [3.05, 3.63) is 60.1 Å². The van der Waals surface area contributed by atoms with Crippen molar-refractivity contribution in [1.82, 2.24) is 10.2 Å². The first-order valence-corrected chi connectivity index (χ1v) is 8.32. The summed E-state index contributed by atoms with van der Waals surface area (Å²) in [6.07, 6.45) is 1.51. The molecule has 0 radical (unpaired) electrons. The fraction of sp³-hybridized carbons (Fsp3) is 0.421. The van der Waals surface area contributed by atoms with Gasteiger partial charge in [0.1, 0.15) is 17.4 Å². The van der Waals surface area contributed by atoms with E-state index in [9.17, 15) is 9.90 Å². The lowest BCUT2D eigenvalue weighted by Crippen LogP contribution is -2.45. The van der Waals surface area contributed by atoms with Crippen LogP contribution in [0.1, 0.15) is 38.1 Å². The predicted molar refractivity (Wildman–Crippen MR) is 93.4 cm³/mol. The van der Waals surface area contributed by atoms with Crippen LogP contribution in [0.25, 0.3) is 0 Å². The molecule has 2 rings (SSSR count). The SMILES string of the molecule is CCN(CC)C(C(=O)NCC(C)(O)c1ccco1)c1ccccc1. The number of hydrogen-bond donors (Lipinski definition) is 2. The Morgan fingerprint density at radius 2 is 1.88 bits per heavy atom. The molecule has 2 N–H and O–H groups in total. The second-order valence-corrected chi connectivity index (χ2v) is 6.00. The number of hydrogen-bond acceptors (Lipinski definition) is 4. The second-order valence-electron chi connectivity index (χ2n) is 6.00. The van der Waals surface area contributed by atoms with Crippen molar-refractivity contribution in [2.75, 3.05) is 19.6 Å². The third-order valence-electron chi connectivity index (χ3n) is 4.20. The zero-order valence-corrected chi connectivity index (χ0v) is 14.5. The third-order valence-corrected chi connectivity index (χ3v) is 4.20. The van der Waals surface area contributed by atoms with E-state index in [0.717, 1.165) is 18.7 Å². The summed E-state index contributed by atoms with van der Waals surface area (Å²) in [4.78, 5) is 14.9. The van der Waals surface area contributed by atoms with Crippen LogP contribution >= 0.6 is 0 Å². The molecule has 2 aromatic rings. The number of carbonyl (C=O) groups is 1. The maximum absolute atomic E-state index is 12.8. The first-order valence-electron chi connectivity index (χ1n) is 8.32. The number of amides is 1. The average molecular weight is 330 g/mol. The Morgan fingerprint density at radius 1 is 1.21 bits per heavy atom. The molecule has 2 unspecified atom stereocenters. The zero-order chi connectivity index (χ0) is 17.6. The molecule has 0 spiro atoms. The Kier molecular flexibility index (Phi) is 6.17. The van der Waals surface area contributed by atoms with Crippen LogP contribution in [0.2, 0.25) is 0 Å². The number of likely N-dealkylation sites (N-methyl/N-ethyl adjacent to an activating group) is 1. The van der Waals surface area contributed by atoms with Gasteiger partial charge in [0.05, 0.1) is 12.8 Å². The highest BCUT2D eigenvalue weighted by molar-refractivity contribution is 5.83. The summed E-state index contributed by atoms with van der Waals surface area (Å²) in [7, 11) is 0. The summed E-state index contributed by atoms with van der Waals surface area (Å²) in [6.45, 7) is 7.30. The maximum Gasteiger partial charge on any atom is 0.242 e. The minimum atomic E-state index is -1.25. The van der Waals surface area contributed by atoms with Crippen LogP contribution in [0.5, 0.6) is 0 Å². The Hall–Kier alpha value is -2.11. The lowest BCUT2D eigenvalue weighted by molar-refractivity contribution is -0.128. The molecule has 0 aliphatic carbocycles. The highest BCUT2D eigenvalue weighted by Crippen LogP contribution is 2.23. The van der Waals surface area contributed by atoms with E-state index in [1.165, 1.54) is 6.26 Å². The molecule has 1 amide bonds. The summed E-state index contributed by atoms with van der Waals surface area (Å²) in [5.41, 5.74) is -0.305. The van der Waals surface area contributed by atoms with Crippen molar-refractivity contribution < 1.29 is 14.3 Å². The molecule has 0 fully saturated rings. The van der Waals surface area contributed by atoms with Gasteiger partial charge in [0, 0.05) is 0 Å². The number of nitrogens with zero attached hydrogens (tertiary/aromatic N) is 1. The van der Waals surface area contributed by atoms with E-state index in [0.29, 0.717) is 5.76 Å². The van der Waals surface area contributed by atoms with Crippen molar-refractivity contribution in [2.45, 2.75) is 32.4 Å². The number of aliphatic hydroxyl groups is 1. The first-order chi connectivity index (χ1) is 11.5. The topological polar surface area (TPSA) is 65.7 Å². The van der Waals surface area contributed by atoms with E-state index in [1.54, 1.807) is 19.1 Å². The van der Waals surface area contributed by atoms with E-state index in [1.807, 2.05) is 44.2 Å². The Labute approximate surface area is 143 Å². The van der Waals surface area contributed by atoms with Gasteiger partial charge in [0.15, 0.2) is 0 Å². The molecule has 5 heteroatoms. The molecule has 0 saturated heterocycles. The standard InChI is InChI=1S/C19H26N2O3/c1-4-21(5-2)17(15-10-7-6-8-11-15)18(22)20-14-19(3,23)16-12-9-13-24-16/h6-13,17,23H,4-5,14H2,1-3H3,(H,20,22). The predicted octanol–water partition coefficient (Wildman–Crippen LogP) is 2.69. The Bertz CT molecular complexity index is 619. The van der Waals surface area contributed by atoms with Gasteiger partial charge >= 0.3 is 0 Å². The molecule has 24 heavy (non-hydrogen) atoms. The minimum absolute atomic E-state index is 0.0873. The van der Waals surface area contributed by atoms with Crippen molar-refractivity contribution in [3.63, 3.8) is 0 Å². The number of nitrogens with one attached hydrogen (secondary N) is 1. The van der Waals surface area contributed by atoms with Crippen LogP contribution in [0.15, 0.2) is 53.1 Å². The van der Waals surface area contributed by atoms with Crippen LogP contribution in [-0.4, -0.2) is 35.5 Å². The largest absolute Gasteiger partial charge is 0.466 e. The lowest BCUT2D eigenvalue weighted by atomic mass is 10.0. The van der Waals surface area contributed by atoms with Gasteiger partial charge in [-0.1, -0.05) is 44.2 Å². The molecule has 1 heterocycles. The molecular formula is C19H26N2O3. The quantitative estimate of drug-likeness (QED) is 0.781. The van der Waals surface area contributed by atoms with Crippen LogP contribution in [-0.2, 0) is 10.4 Å². The van der Waals surface area contributed by atoms with Crippen LogP contribution in [0, 0.1) is 0 Å². The van der Waals surface area contributed by atoms with Gasteiger partial charge < -0.3 is 14.8 Å². The fourth-order valence-corrected chi connectivity index (χ4v) is 2.78. The van der Waals surface area contributed by atoms with E-state index >= 15 is 0 Å². The lowest BCUT2D eigenvalue weighted by Gasteiger charge is -2.30. The first kappa shape index (κ1) is 18.2. The van der Waals surface area contributed by atoms with Gasteiger partial charge in [-0.3, -0.25) is 9.69 Å². The average Bonchev–Trinajstić information content (AvgIpc) is 3.14. The highest BCUT2D eigenvalue weighted by atomic mass is 16.4. The summed E-state index contributed by atoms with van der Waals surface area (Å²) < 4.78 is 5.25. The minimum Gasteiger partial charge on any atom is -0.466 e. The van der Waals surface area contributed by atoms with Crippen LogP contribution in [0.3, 0.4) is 0 Å². The van der Waals surface area contributed by atoms with Gasteiger partial charge in [0.2, 0.25) is 5.91 Å². The highest BCUT2D eigenvalue weighted by Gasteiger charge is 2.30. The molecule has 0 bridgehead atoms. The monoisotopic (exact) mass is 330 g/mol. The van der Waals surface area contributed by atoms with Crippen molar-refractivity contribution in [3.8, 4) is 0 Å². The van der Waals surface area contributed by atoms with E-state index < -0.39 is 5.60 Å². The van der Waals surface area contributed by atoms with Crippen LogP contribution in [0.4, 0.5) is 0 Å². The second kappa shape index (κ2) is 8.13. The molecule has 0 aliphatic heterocycles. The third kappa shape index (κ3) is 4.24. The normalized spacial score (nSPS) is 15.0. The number of benzene rings is 1. The molecular weight excluding hydrogens is 304 g/mol. The Morgan fingerprint density at radius 3 is 2.42 bits per heavy atom. The van der Waals surface area contributed by atoms with Crippen molar-refractivity contribution in [2.24, 2.45) is 0 Å². The number of furan rings is 1. The molecule has 2 atom stereocenters. The van der Waals surface area contributed by atoms with Gasteiger partial charge in [0.25, 0.3) is 0 Å². The van der Waals surface area contributed by atoms with E-state index in [2.05, 4.69) is 10.2 Å². The molecule has 130 valence electrons. The van der Waals surface area contributed by atoms with E-state index in [-0.39, 0.29) is 18.5 Å². The summed E-state index contributed by atoms with van der Waals surface area (Å²) >= 11 is 0. The molecule has 0 saturated carbocycles. The summed E-state index contributed by atoms with van der Waals surface area (Å²) in [5, 5.41) is 13.4. The van der Waals surface area contributed by atoms with Crippen molar-refractivity contribution >= 4 is 5.91 Å². The fourth-order valence-electron chi connectivity index (χ4n) is 2.78. The molecule has 1 aromatic heterocycles. The van der Waals surface area contributed by atoms with Gasteiger partial charge in [-0.15, -0.1) is 0 Å². The van der Waals surface area contributed by atoms with Gasteiger partial charge in [-0.05, 0) is 37.7 Å². The van der Waals surface area contributed by atoms with E-state index in [4.69, 9.17) is 4.42 Å². The number of carbonyl (C=O) groups excluding carboxylic acids is 1.